The Balaban J connectivity index is 2.42. The third-order valence-electron chi connectivity index (χ3n) is 4.13. The highest BCUT2D eigenvalue weighted by Gasteiger charge is 2.51. The van der Waals surface area contributed by atoms with Crippen molar-refractivity contribution in [2.45, 2.75) is 31.8 Å². The van der Waals surface area contributed by atoms with E-state index in [2.05, 4.69) is 0 Å². The third-order valence-corrected chi connectivity index (χ3v) is 4.13. The average molecular weight is 223 g/mol. The zero-order valence-electron chi connectivity index (χ0n) is 9.54. The summed E-state index contributed by atoms with van der Waals surface area (Å²) in [4.78, 5) is 0. The summed E-state index contributed by atoms with van der Waals surface area (Å²) in [6, 6.07) is 6.40. The number of benzene rings is 1. The van der Waals surface area contributed by atoms with Crippen LogP contribution in [0.25, 0.3) is 0 Å². The molecule has 0 aliphatic heterocycles. The molecule has 16 heavy (non-hydrogen) atoms. The van der Waals surface area contributed by atoms with E-state index in [-0.39, 0.29) is 11.2 Å². The number of nitrogens with two attached hydrogens (primary N) is 1. The molecule has 0 spiro atoms. The lowest BCUT2D eigenvalue weighted by Gasteiger charge is -2.51. The van der Waals surface area contributed by atoms with Crippen molar-refractivity contribution in [3.05, 3.63) is 35.6 Å². The van der Waals surface area contributed by atoms with Crippen molar-refractivity contribution < 1.29 is 9.50 Å². The Morgan fingerprint density at radius 1 is 1.44 bits per heavy atom. The van der Waals surface area contributed by atoms with Crippen LogP contribution in [0, 0.1) is 11.2 Å². The largest absolute Gasteiger partial charge is 0.385 e. The first-order valence-electron chi connectivity index (χ1n) is 5.71. The molecule has 3 N–H and O–H groups in total. The molecule has 0 bridgehead atoms. The monoisotopic (exact) mass is 223 g/mol. The maximum atomic E-state index is 13.7. The van der Waals surface area contributed by atoms with Gasteiger partial charge in [-0.15, -0.1) is 0 Å². The topological polar surface area (TPSA) is 46.2 Å². The van der Waals surface area contributed by atoms with Gasteiger partial charge in [-0.3, -0.25) is 0 Å². The van der Waals surface area contributed by atoms with Gasteiger partial charge in [-0.25, -0.2) is 4.39 Å². The second-order valence-corrected chi connectivity index (χ2v) is 4.89. The summed E-state index contributed by atoms with van der Waals surface area (Å²) in [5.74, 6) is -0.354. The highest BCUT2D eigenvalue weighted by molar-refractivity contribution is 5.27. The normalized spacial score (nSPS) is 22.2. The van der Waals surface area contributed by atoms with Gasteiger partial charge in [-0.05, 0) is 25.8 Å². The lowest BCUT2D eigenvalue weighted by molar-refractivity contribution is -0.118. The highest BCUT2D eigenvalue weighted by atomic mass is 19.1. The standard InChI is InChI=1S/C13H18FNO/c1-12(16,13(9-15)7-4-8-13)10-5-2-3-6-11(10)14/h2-3,5-6,16H,4,7-9,15H2,1H3. The summed E-state index contributed by atoms with van der Waals surface area (Å²) in [6.45, 7) is 2.08. The fourth-order valence-electron chi connectivity index (χ4n) is 2.63. The van der Waals surface area contributed by atoms with Crippen molar-refractivity contribution in [3.8, 4) is 0 Å². The molecule has 0 heterocycles. The molecule has 1 unspecified atom stereocenters. The SMILES string of the molecule is CC(O)(c1ccccc1F)C1(CN)CCC1. The zero-order chi connectivity index (χ0) is 11.8. The molecule has 0 radical (unpaired) electrons. The predicted molar refractivity (Wildman–Crippen MR) is 61.3 cm³/mol. The van der Waals surface area contributed by atoms with Crippen LogP contribution < -0.4 is 5.73 Å². The summed E-state index contributed by atoms with van der Waals surface area (Å²) >= 11 is 0. The number of hydrogen-bond acceptors (Lipinski definition) is 2. The summed E-state index contributed by atoms with van der Waals surface area (Å²) < 4.78 is 13.7. The Labute approximate surface area is 95.3 Å². The van der Waals surface area contributed by atoms with E-state index in [1.807, 2.05) is 0 Å². The van der Waals surface area contributed by atoms with Gasteiger partial charge in [0, 0.05) is 17.5 Å². The van der Waals surface area contributed by atoms with E-state index in [1.165, 1.54) is 6.07 Å². The molecule has 1 atom stereocenters. The molecule has 3 heteroatoms. The third kappa shape index (κ3) is 1.46. The van der Waals surface area contributed by atoms with Crippen LogP contribution in [0.5, 0.6) is 0 Å². The van der Waals surface area contributed by atoms with Gasteiger partial charge in [0.2, 0.25) is 0 Å². The van der Waals surface area contributed by atoms with Gasteiger partial charge in [-0.1, -0.05) is 24.6 Å². The van der Waals surface area contributed by atoms with E-state index >= 15 is 0 Å². The smallest absolute Gasteiger partial charge is 0.129 e. The Kier molecular flexibility index (Phi) is 2.76. The first-order chi connectivity index (χ1) is 7.53. The maximum absolute atomic E-state index is 13.7. The minimum absolute atomic E-state index is 0.352. The summed E-state index contributed by atoms with van der Waals surface area (Å²) in [5.41, 5.74) is 4.59. The van der Waals surface area contributed by atoms with Crippen molar-refractivity contribution in [1.82, 2.24) is 0 Å². The van der Waals surface area contributed by atoms with Gasteiger partial charge in [0.15, 0.2) is 0 Å². The molecule has 1 aliphatic rings. The zero-order valence-corrected chi connectivity index (χ0v) is 9.54. The fourth-order valence-corrected chi connectivity index (χ4v) is 2.63. The van der Waals surface area contributed by atoms with Crippen molar-refractivity contribution in [2.24, 2.45) is 11.1 Å². The Hall–Kier alpha value is -0.930. The van der Waals surface area contributed by atoms with E-state index in [4.69, 9.17) is 5.73 Å². The van der Waals surface area contributed by atoms with Crippen LogP contribution in [0.15, 0.2) is 24.3 Å². The van der Waals surface area contributed by atoms with Gasteiger partial charge < -0.3 is 10.8 Å². The second-order valence-electron chi connectivity index (χ2n) is 4.89. The van der Waals surface area contributed by atoms with Crippen molar-refractivity contribution in [2.75, 3.05) is 6.54 Å². The molecule has 0 aromatic heterocycles. The van der Waals surface area contributed by atoms with Gasteiger partial charge >= 0.3 is 0 Å². The minimum atomic E-state index is -1.18. The van der Waals surface area contributed by atoms with Gasteiger partial charge in [0.25, 0.3) is 0 Å². The summed E-state index contributed by atoms with van der Waals surface area (Å²) in [7, 11) is 0. The van der Waals surface area contributed by atoms with E-state index in [9.17, 15) is 9.50 Å². The lowest BCUT2D eigenvalue weighted by Crippen LogP contribution is -2.53. The van der Waals surface area contributed by atoms with Crippen LogP contribution in [0.4, 0.5) is 4.39 Å². The molecule has 2 nitrogen and oxygen atoms in total. The van der Waals surface area contributed by atoms with Gasteiger partial charge in [-0.2, -0.15) is 0 Å². The number of aliphatic hydroxyl groups is 1. The van der Waals surface area contributed by atoms with Gasteiger partial charge in [0.05, 0.1) is 5.60 Å². The summed E-state index contributed by atoms with van der Waals surface area (Å²) in [5, 5.41) is 10.6. The first-order valence-corrected chi connectivity index (χ1v) is 5.71. The van der Waals surface area contributed by atoms with E-state index < -0.39 is 5.60 Å². The maximum Gasteiger partial charge on any atom is 0.129 e. The minimum Gasteiger partial charge on any atom is -0.385 e. The van der Waals surface area contributed by atoms with Crippen LogP contribution in [0.3, 0.4) is 0 Å². The quantitative estimate of drug-likeness (QED) is 0.825. The van der Waals surface area contributed by atoms with E-state index in [1.54, 1.807) is 25.1 Å². The van der Waals surface area contributed by atoms with Crippen molar-refractivity contribution >= 4 is 0 Å². The molecule has 1 aromatic rings. The second kappa shape index (κ2) is 3.82. The number of hydrogen-bond donors (Lipinski definition) is 2. The molecule has 1 saturated carbocycles. The molecule has 0 amide bonds. The van der Waals surface area contributed by atoms with Crippen LogP contribution in [0.1, 0.15) is 31.7 Å². The Bertz CT molecular complexity index is 380. The number of halogens is 1. The lowest BCUT2D eigenvalue weighted by atomic mass is 9.57. The molecule has 0 saturated heterocycles. The molecular weight excluding hydrogens is 205 g/mol. The van der Waals surface area contributed by atoms with E-state index in [0.717, 1.165) is 19.3 Å². The van der Waals surface area contributed by atoms with E-state index in [0.29, 0.717) is 12.1 Å². The highest BCUT2D eigenvalue weighted by Crippen LogP contribution is 2.53. The van der Waals surface area contributed by atoms with Crippen molar-refractivity contribution in [3.63, 3.8) is 0 Å². The molecular formula is C13H18FNO. The van der Waals surface area contributed by atoms with Crippen molar-refractivity contribution in [1.29, 1.82) is 0 Å². The molecule has 1 fully saturated rings. The average Bonchev–Trinajstić information content (AvgIpc) is 2.16. The molecule has 1 aliphatic carbocycles. The van der Waals surface area contributed by atoms with Crippen LogP contribution in [-0.4, -0.2) is 11.7 Å². The van der Waals surface area contributed by atoms with Crippen LogP contribution >= 0.6 is 0 Å². The Morgan fingerprint density at radius 3 is 2.50 bits per heavy atom. The molecule has 88 valence electrons. The van der Waals surface area contributed by atoms with Crippen LogP contribution in [-0.2, 0) is 5.60 Å². The molecule has 1 aromatic carbocycles. The Morgan fingerprint density at radius 2 is 2.06 bits per heavy atom. The fraction of sp³-hybridized carbons (Fsp3) is 0.538. The first kappa shape index (κ1) is 11.6. The van der Waals surface area contributed by atoms with Crippen LogP contribution in [0.2, 0.25) is 0 Å². The number of rotatable bonds is 3. The van der Waals surface area contributed by atoms with Gasteiger partial charge in [0.1, 0.15) is 5.82 Å². The summed E-state index contributed by atoms with van der Waals surface area (Å²) in [6.07, 6.45) is 2.79. The predicted octanol–water partition coefficient (Wildman–Crippen LogP) is 2.16. The molecule has 2 rings (SSSR count).